The molecule has 8 heteroatoms. The Morgan fingerprint density at radius 2 is 1.85 bits per heavy atom. The van der Waals surface area contributed by atoms with Crippen molar-refractivity contribution in [3.8, 4) is 11.5 Å². The summed E-state index contributed by atoms with van der Waals surface area (Å²) in [5, 5.41) is 7.78. The zero-order chi connectivity index (χ0) is 22.9. The fourth-order valence-electron chi connectivity index (χ4n) is 4.89. The highest BCUT2D eigenvalue weighted by atomic mass is 16.7. The average Bonchev–Trinajstić information content (AvgIpc) is 3.52. The summed E-state index contributed by atoms with van der Waals surface area (Å²) < 4.78 is 18.8. The molecule has 8 nitrogen and oxygen atoms in total. The molecular weight excluding hydrogens is 432 g/mol. The molecule has 1 atom stereocenters. The monoisotopic (exact) mass is 460 g/mol. The van der Waals surface area contributed by atoms with Gasteiger partial charge in [-0.25, -0.2) is 0 Å². The predicted molar refractivity (Wildman–Crippen MR) is 125 cm³/mol. The van der Waals surface area contributed by atoms with Gasteiger partial charge in [-0.1, -0.05) is 36.4 Å². The highest BCUT2D eigenvalue weighted by Crippen LogP contribution is 2.36. The minimum absolute atomic E-state index is 0.108. The molecule has 4 heterocycles. The van der Waals surface area contributed by atoms with Crippen molar-refractivity contribution in [3.63, 3.8) is 0 Å². The third kappa shape index (κ3) is 4.38. The fourth-order valence-corrected chi connectivity index (χ4v) is 4.89. The molecule has 1 saturated heterocycles. The maximum atomic E-state index is 12.9. The summed E-state index contributed by atoms with van der Waals surface area (Å²) in [6.07, 6.45) is 1.75. The molecule has 0 radical (unpaired) electrons. The Kier molecular flexibility index (Phi) is 5.68. The van der Waals surface area contributed by atoms with Crippen molar-refractivity contribution >= 4 is 5.91 Å². The number of carbonyl (C=O) groups excluding carboxylic acids is 1. The lowest BCUT2D eigenvalue weighted by Crippen LogP contribution is -2.44. The van der Waals surface area contributed by atoms with Gasteiger partial charge in [-0.3, -0.25) is 14.4 Å². The predicted octanol–water partition coefficient (Wildman–Crippen LogP) is 3.28. The van der Waals surface area contributed by atoms with E-state index in [1.807, 2.05) is 35.0 Å². The second-order valence-corrected chi connectivity index (χ2v) is 9.12. The Balaban J connectivity index is 1.04. The molecule has 1 N–H and O–H groups in total. The molecule has 0 saturated carbocycles. The summed E-state index contributed by atoms with van der Waals surface area (Å²) in [5.41, 5.74) is 3.71. The minimum Gasteiger partial charge on any atom is -0.454 e. The molecule has 34 heavy (non-hydrogen) atoms. The molecule has 6 rings (SSSR count). The molecule has 1 fully saturated rings. The van der Waals surface area contributed by atoms with Gasteiger partial charge in [-0.05, 0) is 42.2 Å². The maximum Gasteiger partial charge on any atom is 0.272 e. The molecule has 0 unspecified atom stereocenters. The van der Waals surface area contributed by atoms with Gasteiger partial charge in [-0.15, -0.1) is 0 Å². The first kappa shape index (κ1) is 21.2. The Bertz CT molecular complexity index is 1170. The molecule has 3 aromatic rings. The lowest BCUT2D eigenvalue weighted by Gasteiger charge is -2.32. The van der Waals surface area contributed by atoms with Gasteiger partial charge in [0.25, 0.3) is 5.91 Å². The summed E-state index contributed by atoms with van der Waals surface area (Å²) in [5.74, 6) is 1.38. The Morgan fingerprint density at radius 3 is 2.71 bits per heavy atom. The van der Waals surface area contributed by atoms with Crippen LogP contribution in [0.2, 0.25) is 0 Å². The Hall–Kier alpha value is -3.36. The molecule has 0 bridgehead atoms. The number of carbonyl (C=O) groups is 1. The number of nitrogens with zero attached hydrogens (tertiary/aromatic N) is 3. The van der Waals surface area contributed by atoms with E-state index in [4.69, 9.17) is 14.2 Å². The molecule has 3 aliphatic rings. The van der Waals surface area contributed by atoms with E-state index >= 15 is 0 Å². The number of likely N-dealkylation sites (tertiary alicyclic amines) is 1. The van der Waals surface area contributed by atoms with Gasteiger partial charge < -0.3 is 19.5 Å². The van der Waals surface area contributed by atoms with E-state index in [1.165, 1.54) is 5.56 Å². The quantitative estimate of drug-likeness (QED) is 0.630. The van der Waals surface area contributed by atoms with Crippen LogP contribution in [0.4, 0.5) is 0 Å². The summed E-state index contributed by atoms with van der Waals surface area (Å²) in [6.45, 7) is 4.13. The van der Waals surface area contributed by atoms with Gasteiger partial charge >= 0.3 is 0 Å². The van der Waals surface area contributed by atoms with Crippen LogP contribution in [0, 0.1) is 0 Å². The fraction of sp³-hybridized carbons (Fsp3) is 0.385. The summed E-state index contributed by atoms with van der Waals surface area (Å²) in [4.78, 5) is 15.4. The van der Waals surface area contributed by atoms with Crippen LogP contribution in [0.15, 0.2) is 54.6 Å². The average molecular weight is 461 g/mol. The molecule has 0 spiro atoms. The van der Waals surface area contributed by atoms with Crippen molar-refractivity contribution in [2.75, 3.05) is 19.9 Å². The number of fused-ring (bicyclic) bond motifs is 2. The first-order chi connectivity index (χ1) is 16.7. The van der Waals surface area contributed by atoms with Crippen LogP contribution in [0.3, 0.4) is 0 Å². The molecular formula is C26H28N4O4. The Morgan fingerprint density at radius 1 is 1.03 bits per heavy atom. The van der Waals surface area contributed by atoms with E-state index < -0.39 is 0 Å². The number of aromatic nitrogens is 2. The van der Waals surface area contributed by atoms with Crippen LogP contribution in [0.25, 0.3) is 0 Å². The van der Waals surface area contributed by atoms with Gasteiger partial charge in [-0.2, -0.15) is 5.10 Å². The van der Waals surface area contributed by atoms with Crippen molar-refractivity contribution in [1.82, 2.24) is 20.0 Å². The topological polar surface area (TPSA) is 77.9 Å². The third-order valence-corrected chi connectivity index (χ3v) is 6.81. The maximum absolute atomic E-state index is 12.9. The highest BCUT2D eigenvalue weighted by Gasteiger charge is 2.27. The van der Waals surface area contributed by atoms with E-state index in [0.717, 1.165) is 55.2 Å². The van der Waals surface area contributed by atoms with E-state index in [9.17, 15) is 4.79 Å². The first-order valence-corrected chi connectivity index (χ1v) is 11.9. The molecule has 176 valence electrons. The largest absolute Gasteiger partial charge is 0.454 e. The normalized spacial score (nSPS) is 20.2. The summed E-state index contributed by atoms with van der Waals surface area (Å²) >= 11 is 0. The molecule has 1 aromatic heterocycles. The van der Waals surface area contributed by atoms with Crippen molar-refractivity contribution in [1.29, 1.82) is 0 Å². The smallest absolute Gasteiger partial charge is 0.272 e. The van der Waals surface area contributed by atoms with Crippen molar-refractivity contribution in [3.05, 3.63) is 77.1 Å². The Labute approximate surface area is 198 Å². The van der Waals surface area contributed by atoms with Crippen LogP contribution in [-0.2, 0) is 24.4 Å². The van der Waals surface area contributed by atoms with Gasteiger partial charge in [0.15, 0.2) is 17.2 Å². The lowest BCUT2D eigenvalue weighted by molar-refractivity contribution is -0.00128. The zero-order valence-corrected chi connectivity index (χ0v) is 19.0. The van der Waals surface area contributed by atoms with Crippen molar-refractivity contribution in [2.24, 2.45) is 0 Å². The van der Waals surface area contributed by atoms with Gasteiger partial charge in [0, 0.05) is 25.7 Å². The number of hydrogen-bond acceptors (Lipinski definition) is 6. The number of piperidine rings is 1. The van der Waals surface area contributed by atoms with Crippen LogP contribution in [0.1, 0.15) is 46.3 Å². The van der Waals surface area contributed by atoms with Crippen molar-refractivity contribution < 1.29 is 19.0 Å². The number of rotatable bonds is 5. The van der Waals surface area contributed by atoms with E-state index in [2.05, 4.69) is 39.6 Å². The number of ether oxygens (including phenoxy) is 3. The zero-order valence-electron chi connectivity index (χ0n) is 19.0. The van der Waals surface area contributed by atoms with Crippen LogP contribution in [0.5, 0.6) is 11.5 Å². The minimum atomic E-state index is -0.147. The number of benzene rings is 2. The van der Waals surface area contributed by atoms with Gasteiger partial charge in [0.1, 0.15) is 6.10 Å². The number of nitrogens with one attached hydrogen (secondary N) is 1. The van der Waals surface area contributed by atoms with Crippen LogP contribution >= 0.6 is 0 Å². The van der Waals surface area contributed by atoms with E-state index in [-0.39, 0.29) is 24.8 Å². The van der Waals surface area contributed by atoms with Gasteiger partial charge in [0.05, 0.1) is 18.8 Å². The third-order valence-electron chi connectivity index (χ3n) is 6.81. The van der Waals surface area contributed by atoms with Crippen molar-refractivity contribution in [2.45, 2.75) is 44.7 Å². The number of amides is 1. The molecule has 1 amide bonds. The second kappa shape index (κ2) is 9.12. The molecule has 0 aliphatic carbocycles. The highest BCUT2D eigenvalue weighted by molar-refractivity contribution is 5.92. The molecule has 2 aromatic carbocycles. The second-order valence-electron chi connectivity index (χ2n) is 9.12. The number of hydrogen-bond donors (Lipinski definition) is 1. The molecule has 3 aliphatic heterocycles. The SMILES string of the molecule is O=C(NC1CCN(Cc2ccccc2)CC1)c1cc2n(n1)C[C@H](c1ccc3c(c1)OCO3)OC2. The van der Waals surface area contributed by atoms with Crippen LogP contribution in [-0.4, -0.2) is 46.5 Å². The summed E-state index contributed by atoms with van der Waals surface area (Å²) in [6, 6.07) is 18.4. The summed E-state index contributed by atoms with van der Waals surface area (Å²) in [7, 11) is 0. The van der Waals surface area contributed by atoms with E-state index in [1.54, 1.807) is 0 Å². The van der Waals surface area contributed by atoms with Gasteiger partial charge in [0.2, 0.25) is 6.79 Å². The van der Waals surface area contributed by atoms with Crippen LogP contribution < -0.4 is 14.8 Å². The van der Waals surface area contributed by atoms with E-state index in [0.29, 0.717) is 18.8 Å². The first-order valence-electron chi connectivity index (χ1n) is 11.9. The lowest BCUT2D eigenvalue weighted by atomic mass is 10.0. The standard InChI is InChI=1S/C26H28N4O4/c31-26(27-20-8-10-29(11-9-20)14-18-4-2-1-3-5-18)22-13-21-16-32-25(15-30(21)28-22)19-6-7-23-24(12-19)34-17-33-23/h1-7,12-13,20,25H,8-11,14-17H2,(H,27,31)/t25-/m1/s1.